The van der Waals surface area contributed by atoms with Crippen LogP contribution in [0.15, 0.2) is 18.3 Å². The highest BCUT2D eigenvalue weighted by Gasteiger charge is 2.31. The number of carbonyl (C=O) groups is 1. The number of rotatable bonds is 2. The van der Waals surface area contributed by atoms with E-state index in [1.165, 1.54) is 0 Å². The molecule has 1 aromatic rings. The zero-order valence-corrected chi connectivity index (χ0v) is 12.6. The first-order valence-electron chi connectivity index (χ1n) is 7.74. The molecule has 1 aromatic heterocycles. The molecule has 0 aromatic carbocycles. The van der Waals surface area contributed by atoms with Crippen LogP contribution in [0.2, 0.25) is 0 Å². The van der Waals surface area contributed by atoms with Crippen LogP contribution in [-0.2, 0) is 4.79 Å². The Balaban J connectivity index is 1.62. The van der Waals surface area contributed by atoms with Gasteiger partial charge in [-0.15, -0.1) is 5.10 Å². The van der Waals surface area contributed by atoms with Crippen LogP contribution < -0.4 is 4.90 Å². The Labute approximate surface area is 125 Å². The van der Waals surface area contributed by atoms with Crippen molar-refractivity contribution < 1.29 is 4.79 Å². The van der Waals surface area contributed by atoms with Crippen molar-refractivity contribution in [2.24, 2.45) is 5.92 Å². The number of hydrogen-bond acceptors (Lipinski definition) is 5. The maximum atomic E-state index is 12.7. The van der Waals surface area contributed by atoms with Gasteiger partial charge in [-0.2, -0.15) is 5.10 Å². The second kappa shape index (κ2) is 6.39. The van der Waals surface area contributed by atoms with Gasteiger partial charge in [0.05, 0.1) is 5.92 Å². The molecule has 2 aliphatic rings. The van der Waals surface area contributed by atoms with Gasteiger partial charge in [-0.3, -0.25) is 4.79 Å². The molecule has 0 saturated carbocycles. The van der Waals surface area contributed by atoms with E-state index < -0.39 is 0 Å². The second-order valence-electron chi connectivity index (χ2n) is 6.00. The fraction of sp³-hybridized carbons (Fsp3) is 0.667. The Hall–Kier alpha value is -1.69. The summed E-state index contributed by atoms with van der Waals surface area (Å²) in [4.78, 5) is 19.2. The Bertz CT molecular complexity index is 472. The van der Waals surface area contributed by atoms with Gasteiger partial charge in [0.1, 0.15) is 0 Å². The van der Waals surface area contributed by atoms with Gasteiger partial charge >= 0.3 is 0 Å². The van der Waals surface area contributed by atoms with Crippen molar-refractivity contribution in [1.29, 1.82) is 0 Å². The van der Waals surface area contributed by atoms with Crippen molar-refractivity contribution in [3.63, 3.8) is 0 Å². The number of aromatic nitrogens is 2. The number of likely N-dealkylation sites (N-methyl/N-ethyl adjacent to an activating group) is 1. The fourth-order valence-electron chi connectivity index (χ4n) is 3.13. The van der Waals surface area contributed by atoms with E-state index >= 15 is 0 Å². The summed E-state index contributed by atoms with van der Waals surface area (Å²) in [5.41, 5.74) is 0. The summed E-state index contributed by atoms with van der Waals surface area (Å²) in [6.07, 6.45) is 3.71. The minimum atomic E-state index is 0.101. The summed E-state index contributed by atoms with van der Waals surface area (Å²) in [6.45, 7) is 5.40. The van der Waals surface area contributed by atoms with E-state index in [2.05, 4.69) is 27.0 Å². The molecule has 0 bridgehead atoms. The van der Waals surface area contributed by atoms with Crippen molar-refractivity contribution in [1.82, 2.24) is 20.0 Å². The molecule has 2 aliphatic heterocycles. The van der Waals surface area contributed by atoms with E-state index in [0.29, 0.717) is 5.91 Å². The minimum Gasteiger partial charge on any atom is -0.354 e. The van der Waals surface area contributed by atoms with E-state index in [-0.39, 0.29) is 5.92 Å². The standard InChI is InChI=1S/C15H23N5O/c1-18-8-10-19(11-9-18)15(21)13-4-3-7-20(12-13)14-5-2-6-16-17-14/h2,5-6,13H,3-4,7-12H2,1H3/t13-/m1/s1. The molecule has 0 N–H and O–H groups in total. The molecule has 2 saturated heterocycles. The number of anilines is 1. The molecule has 3 rings (SSSR count). The summed E-state index contributed by atoms with van der Waals surface area (Å²) < 4.78 is 0. The zero-order chi connectivity index (χ0) is 14.7. The van der Waals surface area contributed by atoms with Crippen molar-refractivity contribution in [2.45, 2.75) is 12.8 Å². The Morgan fingerprint density at radius 1 is 1.24 bits per heavy atom. The van der Waals surface area contributed by atoms with E-state index in [4.69, 9.17) is 0 Å². The van der Waals surface area contributed by atoms with Gasteiger partial charge in [0.2, 0.25) is 5.91 Å². The lowest BCUT2D eigenvalue weighted by atomic mass is 9.96. The normalized spacial score (nSPS) is 24.1. The molecule has 21 heavy (non-hydrogen) atoms. The van der Waals surface area contributed by atoms with Crippen LogP contribution in [0.25, 0.3) is 0 Å². The van der Waals surface area contributed by atoms with Gasteiger partial charge in [0, 0.05) is 45.5 Å². The molecule has 0 unspecified atom stereocenters. The van der Waals surface area contributed by atoms with E-state index in [9.17, 15) is 4.79 Å². The average Bonchev–Trinajstić information content (AvgIpc) is 2.56. The predicted octanol–water partition coefficient (Wildman–Crippen LogP) is 0.467. The highest BCUT2D eigenvalue weighted by atomic mass is 16.2. The summed E-state index contributed by atoms with van der Waals surface area (Å²) in [7, 11) is 2.11. The number of piperazine rings is 1. The number of nitrogens with zero attached hydrogens (tertiary/aromatic N) is 5. The molecule has 1 amide bonds. The summed E-state index contributed by atoms with van der Waals surface area (Å²) in [5, 5.41) is 8.10. The molecular formula is C15H23N5O. The van der Waals surface area contributed by atoms with Gasteiger partial charge in [-0.25, -0.2) is 0 Å². The fourth-order valence-corrected chi connectivity index (χ4v) is 3.13. The third-order valence-electron chi connectivity index (χ3n) is 4.47. The van der Waals surface area contributed by atoms with Crippen molar-refractivity contribution in [3.8, 4) is 0 Å². The molecule has 0 spiro atoms. The van der Waals surface area contributed by atoms with Crippen LogP contribution in [-0.4, -0.2) is 72.2 Å². The second-order valence-corrected chi connectivity index (χ2v) is 6.00. The largest absolute Gasteiger partial charge is 0.354 e. The van der Waals surface area contributed by atoms with Gasteiger partial charge in [0.25, 0.3) is 0 Å². The van der Waals surface area contributed by atoms with Crippen LogP contribution in [0.5, 0.6) is 0 Å². The lowest BCUT2D eigenvalue weighted by Crippen LogP contribution is -2.51. The molecule has 0 aliphatic carbocycles. The van der Waals surface area contributed by atoms with E-state index in [0.717, 1.165) is 57.9 Å². The number of piperidine rings is 1. The molecule has 0 radical (unpaired) electrons. The van der Waals surface area contributed by atoms with Crippen molar-refractivity contribution in [3.05, 3.63) is 18.3 Å². The first-order chi connectivity index (χ1) is 10.2. The topological polar surface area (TPSA) is 52.6 Å². The smallest absolute Gasteiger partial charge is 0.227 e. The van der Waals surface area contributed by atoms with Crippen LogP contribution in [0.1, 0.15) is 12.8 Å². The zero-order valence-electron chi connectivity index (χ0n) is 12.6. The Morgan fingerprint density at radius 2 is 2.05 bits per heavy atom. The van der Waals surface area contributed by atoms with Gasteiger partial charge < -0.3 is 14.7 Å². The highest BCUT2D eigenvalue weighted by Crippen LogP contribution is 2.23. The highest BCUT2D eigenvalue weighted by molar-refractivity contribution is 5.79. The van der Waals surface area contributed by atoms with Crippen molar-refractivity contribution >= 4 is 11.7 Å². The first-order valence-corrected chi connectivity index (χ1v) is 7.74. The van der Waals surface area contributed by atoms with Crippen LogP contribution >= 0.6 is 0 Å². The van der Waals surface area contributed by atoms with Gasteiger partial charge in [-0.05, 0) is 32.0 Å². The monoisotopic (exact) mass is 289 g/mol. The number of hydrogen-bond donors (Lipinski definition) is 0. The molecule has 2 fully saturated rings. The molecule has 114 valence electrons. The lowest BCUT2D eigenvalue weighted by molar-refractivity contribution is -0.137. The third kappa shape index (κ3) is 3.32. The summed E-state index contributed by atoms with van der Waals surface area (Å²) in [6, 6.07) is 3.87. The van der Waals surface area contributed by atoms with Crippen molar-refractivity contribution in [2.75, 3.05) is 51.2 Å². The third-order valence-corrected chi connectivity index (χ3v) is 4.47. The molecule has 3 heterocycles. The predicted molar refractivity (Wildman–Crippen MR) is 81.0 cm³/mol. The van der Waals surface area contributed by atoms with Crippen LogP contribution in [0.4, 0.5) is 5.82 Å². The Morgan fingerprint density at radius 3 is 2.76 bits per heavy atom. The van der Waals surface area contributed by atoms with Crippen LogP contribution in [0, 0.1) is 5.92 Å². The summed E-state index contributed by atoms with van der Waals surface area (Å²) >= 11 is 0. The SMILES string of the molecule is CN1CCN(C(=O)[C@@H]2CCCN(c3cccnn3)C2)CC1. The first kappa shape index (κ1) is 14.3. The van der Waals surface area contributed by atoms with Gasteiger partial charge in [-0.1, -0.05) is 0 Å². The molecular weight excluding hydrogens is 266 g/mol. The lowest BCUT2D eigenvalue weighted by Gasteiger charge is -2.38. The maximum absolute atomic E-state index is 12.7. The minimum absolute atomic E-state index is 0.101. The number of amides is 1. The van der Waals surface area contributed by atoms with E-state index in [1.54, 1.807) is 6.20 Å². The molecule has 6 heteroatoms. The Kier molecular flexibility index (Phi) is 4.34. The average molecular weight is 289 g/mol. The van der Waals surface area contributed by atoms with E-state index in [1.807, 2.05) is 17.0 Å². The quantitative estimate of drug-likeness (QED) is 0.792. The van der Waals surface area contributed by atoms with Crippen LogP contribution in [0.3, 0.4) is 0 Å². The molecule has 1 atom stereocenters. The summed E-state index contributed by atoms with van der Waals surface area (Å²) in [5.74, 6) is 1.30. The molecule has 6 nitrogen and oxygen atoms in total. The number of carbonyl (C=O) groups excluding carboxylic acids is 1. The van der Waals surface area contributed by atoms with Gasteiger partial charge in [0.15, 0.2) is 5.82 Å². The maximum Gasteiger partial charge on any atom is 0.227 e.